The maximum Gasteiger partial charge on any atom is 0.241 e. The Labute approximate surface area is 79.4 Å². The van der Waals surface area contributed by atoms with Crippen LogP contribution in [0.1, 0.15) is 28.1 Å². The molecule has 2 nitrogen and oxygen atoms in total. The van der Waals surface area contributed by atoms with Crippen molar-refractivity contribution in [2.45, 2.75) is 34.2 Å². The Bertz CT molecular complexity index is 373. The van der Waals surface area contributed by atoms with Crippen molar-refractivity contribution in [3.8, 4) is 0 Å². The standard InChI is InChI=1S/C11H14N2/c1-7-8(2)11(6-12-5)10(4)13-9(7)3/h6H2,1-4H3. The summed E-state index contributed by atoms with van der Waals surface area (Å²) in [7, 11) is 0. The van der Waals surface area contributed by atoms with Gasteiger partial charge in [-0.1, -0.05) is 0 Å². The van der Waals surface area contributed by atoms with Crippen LogP contribution in [-0.4, -0.2) is 4.98 Å². The molecule has 0 spiro atoms. The molecule has 0 atom stereocenters. The van der Waals surface area contributed by atoms with E-state index >= 15 is 0 Å². The van der Waals surface area contributed by atoms with E-state index in [-0.39, 0.29) is 0 Å². The van der Waals surface area contributed by atoms with E-state index in [1.54, 1.807) is 0 Å². The minimum Gasteiger partial charge on any atom is -0.312 e. The molecule has 0 aliphatic heterocycles. The first-order valence-corrected chi connectivity index (χ1v) is 4.34. The van der Waals surface area contributed by atoms with Crippen molar-refractivity contribution >= 4 is 0 Å². The van der Waals surface area contributed by atoms with Gasteiger partial charge in [-0.2, -0.15) is 0 Å². The molecule has 0 saturated carbocycles. The minimum atomic E-state index is 0.450. The van der Waals surface area contributed by atoms with E-state index < -0.39 is 0 Å². The maximum absolute atomic E-state index is 6.85. The molecular weight excluding hydrogens is 160 g/mol. The van der Waals surface area contributed by atoms with Gasteiger partial charge in [0.2, 0.25) is 6.54 Å². The second-order valence-corrected chi connectivity index (χ2v) is 3.33. The third kappa shape index (κ3) is 1.70. The van der Waals surface area contributed by atoms with Gasteiger partial charge in [0, 0.05) is 11.4 Å². The Kier molecular flexibility index (Phi) is 2.67. The van der Waals surface area contributed by atoms with Gasteiger partial charge in [-0.15, -0.1) is 0 Å². The van der Waals surface area contributed by atoms with E-state index in [0.717, 1.165) is 17.0 Å². The molecule has 0 radical (unpaired) electrons. The van der Waals surface area contributed by atoms with Crippen LogP contribution >= 0.6 is 0 Å². The Hall–Kier alpha value is -1.36. The topological polar surface area (TPSA) is 17.2 Å². The molecular formula is C11H14N2. The zero-order valence-corrected chi connectivity index (χ0v) is 8.60. The van der Waals surface area contributed by atoms with Crippen molar-refractivity contribution in [1.29, 1.82) is 0 Å². The lowest BCUT2D eigenvalue weighted by molar-refractivity contribution is 1.00. The minimum absolute atomic E-state index is 0.450. The van der Waals surface area contributed by atoms with Gasteiger partial charge in [0.1, 0.15) is 0 Å². The predicted molar refractivity (Wildman–Crippen MR) is 53.5 cm³/mol. The van der Waals surface area contributed by atoms with E-state index in [0.29, 0.717) is 6.54 Å². The summed E-state index contributed by atoms with van der Waals surface area (Å²) in [5.41, 5.74) is 5.60. The molecule has 1 heterocycles. The van der Waals surface area contributed by atoms with Crippen molar-refractivity contribution in [3.63, 3.8) is 0 Å². The summed E-state index contributed by atoms with van der Waals surface area (Å²) in [6.45, 7) is 15.4. The number of aryl methyl sites for hydroxylation is 2. The van der Waals surface area contributed by atoms with Gasteiger partial charge in [-0.05, 0) is 38.8 Å². The largest absolute Gasteiger partial charge is 0.312 e. The molecule has 0 N–H and O–H groups in total. The van der Waals surface area contributed by atoms with Crippen LogP contribution in [0.3, 0.4) is 0 Å². The van der Waals surface area contributed by atoms with Crippen LogP contribution in [0.5, 0.6) is 0 Å². The summed E-state index contributed by atoms with van der Waals surface area (Å²) in [5, 5.41) is 0. The summed E-state index contributed by atoms with van der Waals surface area (Å²) in [6.07, 6.45) is 0. The van der Waals surface area contributed by atoms with Crippen molar-refractivity contribution in [3.05, 3.63) is 39.5 Å². The first kappa shape index (κ1) is 9.73. The fourth-order valence-electron chi connectivity index (χ4n) is 1.48. The molecule has 2 heteroatoms. The molecule has 0 unspecified atom stereocenters. The summed E-state index contributed by atoms with van der Waals surface area (Å²) in [5.74, 6) is 0. The molecule has 0 fully saturated rings. The first-order valence-electron chi connectivity index (χ1n) is 4.34. The summed E-state index contributed by atoms with van der Waals surface area (Å²) in [6, 6.07) is 0. The highest BCUT2D eigenvalue weighted by molar-refractivity contribution is 5.38. The highest BCUT2D eigenvalue weighted by Gasteiger charge is 2.10. The maximum atomic E-state index is 6.85. The Morgan fingerprint density at radius 2 is 1.69 bits per heavy atom. The van der Waals surface area contributed by atoms with Crippen molar-refractivity contribution in [2.24, 2.45) is 0 Å². The monoisotopic (exact) mass is 174 g/mol. The van der Waals surface area contributed by atoms with E-state index in [1.165, 1.54) is 11.1 Å². The third-order valence-electron chi connectivity index (χ3n) is 2.57. The molecule has 1 rings (SSSR count). The van der Waals surface area contributed by atoms with Crippen molar-refractivity contribution in [1.82, 2.24) is 4.98 Å². The van der Waals surface area contributed by atoms with Crippen LogP contribution < -0.4 is 0 Å². The van der Waals surface area contributed by atoms with E-state index in [4.69, 9.17) is 6.57 Å². The summed E-state index contributed by atoms with van der Waals surface area (Å²) >= 11 is 0. The molecule has 0 aromatic carbocycles. The SMILES string of the molecule is [C-]#[N+]Cc1c(C)nc(C)c(C)c1C. The molecule has 68 valence electrons. The highest BCUT2D eigenvalue weighted by atomic mass is 14.7. The molecule has 0 bridgehead atoms. The Morgan fingerprint density at radius 1 is 1.08 bits per heavy atom. The summed E-state index contributed by atoms with van der Waals surface area (Å²) in [4.78, 5) is 7.82. The molecule has 0 aliphatic rings. The average molecular weight is 174 g/mol. The van der Waals surface area contributed by atoms with Gasteiger partial charge < -0.3 is 4.85 Å². The number of hydrogen-bond acceptors (Lipinski definition) is 1. The van der Waals surface area contributed by atoms with E-state index in [1.807, 2.05) is 13.8 Å². The first-order chi connectivity index (χ1) is 6.07. The molecule has 1 aromatic heterocycles. The lowest BCUT2D eigenvalue weighted by Gasteiger charge is -2.09. The molecule has 0 aliphatic carbocycles. The van der Waals surface area contributed by atoms with Gasteiger partial charge in [0.15, 0.2) is 0 Å². The molecule has 13 heavy (non-hydrogen) atoms. The zero-order valence-electron chi connectivity index (χ0n) is 8.60. The van der Waals surface area contributed by atoms with Crippen LogP contribution in [0.25, 0.3) is 4.85 Å². The number of pyridine rings is 1. The zero-order chi connectivity index (χ0) is 10.0. The lowest BCUT2D eigenvalue weighted by atomic mass is 10.0. The number of rotatable bonds is 1. The van der Waals surface area contributed by atoms with Crippen LogP contribution in [0, 0.1) is 34.3 Å². The molecule has 0 amide bonds. The normalized spacial score (nSPS) is 9.77. The van der Waals surface area contributed by atoms with Gasteiger partial charge in [0.05, 0.1) is 5.56 Å². The number of hydrogen-bond donors (Lipinski definition) is 0. The van der Waals surface area contributed by atoms with Crippen LogP contribution in [0.15, 0.2) is 0 Å². The highest BCUT2D eigenvalue weighted by Crippen LogP contribution is 2.19. The fourth-order valence-corrected chi connectivity index (χ4v) is 1.48. The Balaban J connectivity index is 3.36. The van der Waals surface area contributed by atoms with Crippen molar-refractivity contribution in [2.75, 3.05) is 0 Å². The quantitative estimate of drug-likeness (QED) is 0.598. The lowest BCUT2D eigenvalue weighted by Crippen LogP contribution is -2.01. The number of nitrogens with zero attached hydrogens (tertiary/aromatic N) is 2. The second-order valence-electron chi connectivity index (χ2n) is 3.33. The Morgan fingerprint density at radius 3 is 2.23 bits per heavy atom. The second kappa shape index (κ2) is 3.57. The van der Waals surface area contributed by atoms with Gasteiger partial charge in [0.25, 0.3) is 0 Å². The molecule has 0 saturated heterocycles. The van der Waals surface area contributed by atoms with Crippen molar-refractivity contribution < 1.29 is 0 Å². The summed E-state index contributed by atoms with van der Waals surface area (Å²) < 4.78 is 0. The third-order valence-corrected chi connectivity index (χ3v) is 2.57. The molecule has 1 aromatic rings. The van der Waals surface area contributed by atoms with Crippen LogP contribution in [0.2, 0.25) is 0 Å². The van der Waals surface area contributed by atoms with E-state index in [9.17, 15) is 0 Å². The van der Waals surface area contributed by atoms with E-state index in [2.05, 4.69) is 23.7 Å². The van der Waals surface area contributed by atoms with Crippen LogP contribution in [0.4, 0.5) is 0 Å². The average Bonchev–Trinajstić information content (AvgIpc) is 2.09. The van der Waals surface area contributed by atoms with Crippen LogP contribution in [-0.2, 0) is 6.54 Å². The van der Waals surface area contributed by atoms with Gasteiger partial charge >= 0.3 is 0 Å². The van der Waals surface area contributed by atoms with Gasteiger partial charge in [-0.3, -0.25) is 4.98 Å². The predicted octanol–water partition coefficient (Wildman–Crippen LogP) is 2.73. The fraction of sp³-hybridized carbons (Fsp3) is 0.455. The smallest absolute Gasteiger partial charge is 0.241 e. The number of aromatic nitrogens is 1. The van der Waals surface area contributed by atoms with Gasteiger partial charge in [-0.25, -0.2) is 6.57 Å².